The summed E-state index contributed by atoms with van der Waals surface area (Å²) < 4.78 is 64.8. The predicted molar refractivity (Wildman–Crippen MR) is 108 cm³/mol. The molecule has 0 saturated heterocycles. The summed E-state index contributed by atoms with van der Waals surface area (Å²) in [5.41, 5.74) is 0.138. The topological polar surface area (TPSA) is 63.2 Å². The normalized spacial score (nSPS) is 11.9. The van der Waals surface area contributed by atoms with Crippen molar-refractivity contribution in [2.24, 2.45) is 0 Å². The van der Waals surface area contributed by atoms with Gasteiger partial charge in [0.25, 0.3) is 15.9 Å². The molecule has 0 bridgehead atoms. The van der Waals surface area contributed by atoms with E-state index in [1.807, 2.05) is 4.72 Å². The summed E-state index contributed by atoms with van der Waals surface area (Å²) in [5, 5.41) is 0.283. The van der Waals surface area contributed by atoms with Crippen LogP contribution in [-0.4, -0.2) is 14.3 Å². The van der Waals surface area contributed by atoms with E-state index in [4.69, 9.17) is 23.2 Å². The molecule has 0 heterocycles. The van der Waals surface area contributed by atoms with Crippen molar-refractivity contribution in [3.63, 3.8) is 0 Å². The number of halogens is 5. The molecular weight excluding hydrogens is 462 g/mol. The van der Waals surface area contributed by atoms with Crippen LogP contribution < -0.4 is 4.72 Å². The molecule has 0 unspecified atom stereocenters. The van der Waals surface area contributed by atoms with Crippen LogP contribution in [0, 0.1) is 0 Å². The second-order valence-electron chi connectivity index (χ2n) is 6.16. The Morgan fingerprint density at radius 2 is 1.37 bits per heavy atom. The van der Waals surface area contributed by atoms with E-state index in [1.54, 1.807) is 0 Å². The van der Waals surface area contributed by atoms with Crippen molar-refractivity contribution in [1.82, 2.24) is 4.72 Å². The highest BCUT2D eigenvalue weighted by molar-refractivity contribution is 7.90. The highest BCUT2D eigenvalue weighted by Gasteiger charge is 2.30. The maximum Gasteiger partial charge on any atom is 0.416 e. The zero-order valence-corrected chi connectivity index (χ0v) is 17.2. The zero-order valence-electron chi connectivity index (χ0n) is 14.9. The van der Waals surface area contributed by atoms with Gasteiger partial charge in [-0.25, -0.2) is 13.1 Å². The maximum atomic E-state index is 12.7. The standard InChI is InChI=1S/C20H12Cl2F3NO3S/c21-15-7-10-17(18(22)11-15)19(27)26-30(28,29)16-8-3-13(4-9-16)12-1-5-14(6-2-12)20(23,24)25/h1-11H,(H,26,27). The van der Waals surface area contributed by atoms with Crippen molar-refractivity contribution in [2.45, 2.75) is 11.1 Å². The third-order valence-corrected chi connectivity index (χ3v) is 6.01. The molecule has 10 heteroatoms. The molecule has 3 aromatic rings. The average Bonchev–Trinajstić information content (AvgIpc) is 2.67. The fourth-order valence-corrected chi connectivity index (χ4v) is 4.05. The minimum absolute atomic E-state index is 0.00662. The van der Waals surface area contributed by atoms with E-state index < -0.39 is 27.7 Å². The Hall–Kier alpha value is -2.55. The predicted octanol–water partition coefficient (Wildman–Crippen LogP) is 5.80. The van der Waals surface area contributed by atoms with Crippen LogP contribution in [0.25, 0.3) is 11.1 Å². The average molecular weight is 474 g/mol. The Bertz CT molecular complexity index is 1190. The molecule has 0 aliphatic rings. The van der Waals surface area contributed by atoms with Crippen molar-refractivity contribution >= 4 is 39.1 Å². The van der Waals surface area contributed by atoms with E-state index in [1.165, 1.54) is 54.6 Å². The van der Waals surface area contributed by atoms with Gasteiger partial charge in [-0.1, -0.05) is 47.5 Å². The second kappa shape index (κ2) is 8.29. The lowest BCUT2D eigenvalue weighted by Crippen LogP contribution is -2.30. The van der Waals surface area contributed by atoms with E-state index in [0.29, 0.717) is 16.1 Å². The minimum atomic E-state index is -4.44. The first-order valence-corrected chi connectivity index (χ1v) is 10.5. The summed E-state index contributed by atoms with van der Waals surface area (Å²) in [7, 11) is -4.20. The van der Waals surface area contributed by atoms with Crippen LogP contribution in [-0.2, 0) is 16.2 Å². The van der Waals surface area contributed by atoms with Crippen LogP contribution in [0.2, 0.25) is 10.0 Å². The van der Waals surface area contributed by atoms with Crippen LogP contribution >= 0.6 is 23.2 Å². The highest BCUT2D eigenvalue weighted by atomic mass is 35.5. The van der Waals surface area contributed by atoms with Gasteiger partial charge in [-0.2, -0.15) is 13.2 Å². The second-order valence-corrected chi connectivity index (χ2v) is 8.68. The number of hydrogen-bond donors (Lipinski definition) is 1. The molecule has 3 aromatic carbocycles. The Morgan fingerprint density at radius 3 is 1.87 bits per heavy atom. The molecule has 0 spiro atoms. The molecule has 0 aromatic heterocycles. The largest absolute Gasteiger partial charge is 0.416 e. The Labute approximate surface area is 180 Å². The Morgan fingerprint density at radius 1 is 0.833 bits per heavy atom. The van der Waals surface area contributed by atoms with Crippen molar-refractivity contribution in [3.05, 3.63) is 87.9 Å². The molecule has 3 rings (SSSR count). The summed E-state index contributed by atoms with van der Waals surface area (Å²) in [6, 6.07) is 13.8. The number of amides is 1. The number of rotatable bonds is 4. The van der Waals surface area contributed by atoms with Gasteiger partial charge in [-0.15, -0.1) is 0 Å². The van der Waals surface area contributed by atoms with Gasteiger partial charge in [0.2, 0.25) is 0 Å². The van der Waals surface area contributed by atoms with Gasteiger partial charge >= 0.3 is 6.18 Å². The first kappa shape index (κ1) is 22.1. The number of sulfonamides is 1. The molecule has 4 nitrogen and oxygen atoms in total. The van der Waals surface area contributed by atoms with Gasteiger partial charge < -0.3 is 0 Å². The Balaban J connectivity index is 1.80. The lowest BCUT2D eigenvalue weighted by atomic mass is 10.0. The molecule has 1 N–H and O–H groups in total. The van der Waals surface area contributed by atoms with E-state index >= 15 is 0 Å². The maximum absolute atomic E-state index is 12.7. The molecule has 1 amide bonds. The van der Waals surface area contributed by atoms with Gasteiger partial charge in [0.05, 0.1) is 21.0 Å². The van der Waals surface area contributed by atoms with Gasteiger partial charge in [0, 0.05) is 5.02 Å². The van der Waals surface area contributed by atoms with Crippen LogP contribution in [0.5, 0.6) is 0 Å². The van der Waals surface area contributed by atoms with Crippen LogP contribution in [0.3, 0.4) is 0 Å². The number of hydrogen-bond acceptors (Lipinski definition) is 3. The van der Waals surface area contributed by atoms with Gasteiger partial charge in [0.1, 0.15) is 0 Å². The van der Waals surface area contributed by atoms with Crippen LogP contribution in [0.1, 0.15) is 15.9 Å². The van der Waals surface area contributed by atoms with Crippen molar-refractivity contribution in [2.75, 3.05) is 0 Å². The van der Waals surface area contributed by atoms with Gasteiger partial charge in [-0.3, -0.25) is 4.79 Å². The van der Waals surface area contributed by atoms with E-state index in [9.17, 15) is 26.4 Å². The summed E-state index contributed by atoms with van der Waals surface area (Å²) in [6.45, 7) is 0. The lowest BCUT2D eigenvalue weighted by Gasteiger charge is -2.10. The molecule has 0 atom stereocenters. The van der Waals surface area contributed by atoms with Crippen LogP contribution in [0.15, 0.2) is 71.6 Å². The van der Waals surface area contributed by atoms with Gasteiger partial charge in [0.15, 0.2) is 0 Å². The highest BCUT2D eigenvalue weighted by Crippen LogP contribution is 2.31. The quantitative estimate of drug-likeness (QED) is 0.520. The number of benzene rings is 3. The zero-order chi connectivity index (χ0) is 22.1. The van der Waals surface area contributed by atoms with E-state index in [-0.39, 0.29) is 15.5 Å². The smallest absolute Gasteiger partial charge is 0.268 e. The summed E-state index contributed by atoms with van der Waals surface area (Å²) in [4.78, 5) is 12.1. The summed E-state index contributed by atoms with van der Waals surface area (Å²) in [6.07, 6.45) is -4.44. The fourth-order valence-electron chi connectivity index (χ4n) is 2.59. The van der Waals surface area contributed by atoms with E-state index in [0.717, 1.165) is 12.1 Å². The van der Waals surface area contributed by atoms with Crippen molar-refractivity contribution in [3.8, 4) is 11.1 Å². The summed E-state index contributed by atoms with van der Waals surface area (Å²) in [5.74, 6) is -0.927. The molecule has 0 saturated carbocycles. The first-order valence-electron chi connectivity index (χ1n) is 8.27. The molecule has 30 heavy (non-hydrogen) atoms. The minimum Gasteiger partial charge on any atom is -0.268 e. The molecule has 0 aliphatic carbocycles. The summed E-state index contributed by atoms with van der Waals surface area (Å²) >= 11 is 11.7. The van der Waals surface area contributed by atoms with Gasteiger partial charge in [-0.05, 0) is 53.6 Å². The fraction of sp³-hybridized carbons (Fsp3) is 0.0500. The monoisotopic (exact) mass is 473 g/mol. The van der Waals surface area contributed by atoms with Crippen molar-refractivity contribution < 1.29 is 26.4 Å². The van der Waals surface area contributed by atoms with E-state index in [2.05, 4.69) is 0 Å². The van der Waals surface area contributed by atoms with Crippen molar-refractivity contribution in [1.29, 1.82) is 0 Å². The SMILES string of the molecule is O=C(NS(=O)(=O)c1ccc(-c2ccc(C(F)(F)F)cc2)cc1)c1ccc(Cl)cc1Cl. The lowest BCUT2D eigenvalue weighted by molar-refractivity contribution is -0.137. The first-order chi connectivity index (χ1) is 14.0. The molecule has 0 aliphatic heterocycles. The number of alkyl halides is 3. The molecule has 156 valence electrons. The molecule has 0 radical (unpaired) electrons. The molecule has 0 fully saturated rings. The Kier molecular flexibility index (Phi) is 6.12. The number of nitrogens with one attached hydrogen (secondary N) is 1. The number of carbonyl (C=O) groups excluding carboxylic acids is 1. The number of carbonyl (C=O) groups is 1. The molecular formula is C20H12Cl2F3NO3S. The van der Waals surface area contributed by atoms with Crippen LogP contribution in [0.4, 0.5) is 13.2 Å². The third-order valence-electron chi connectivity index (χ3n) is 4.11. The third kappa shape index (κ3) is 4.95.